The van der Waals surface area contributed by atoms with Gasteiger partial charge in [0.2, 0.25) is 5.91 Å². The first kappa shape index (κ1) is 23.4. The Balaban J connectivity index is 1.34. The Morgan fingerprint density at radius 2 is 1.91 bits per heavy atom. The van der Waals surface area contributed by atoms with Gasteiger partial charge in [-0.3, -0.25) is 9.79 Å². The summed E-state index contributed by atoms with van der Waals surface area (Å²) in [5.41, 5.74) is 2.33. The van der Waals surface area contributed by atoms with E-state index in [0.717, 1.165) is 56.3 Å². The van der Waals surface area contributed by atoms with Crippen LogP contribution in [0, 0.1) is 6.92 Å². The van der Waals surface area contributed by atoms with Crippen LogP contribution in [0.2, 0.25) is 0 Å². The van der Waals surface area contributed by atoms with Crippen LogP contribution < -0.4 is 20.3 Å². The topological polar surface area (TPSA) is 82.1 Å². The maximum atomic E-state index is 12.6. The summed E-state index contributed by atoms with van der Waals surface area (Å²) in [6, 6.07) is 12.2. The van der Waals surface area contributed by atoms with Crippen molar-refractivity contribution in [2.75, 3.05) is 58.3 Å². The lowest BCUT2D eigenvalue weighted by Crippen LogP contribution is -2.49. The van der Waals surface area contributed by atoms with Crippen LogP contribution in [-0.2, 0) is 11.2 Å². The quantitative estimate of drug-likeness (QED) is 0.484. The summed E-state index contributed by atoms with van der Waals surface area (Å²) in [5.74, 6) is 2.75. The van der Waals surface area contributed by atoms with Crippen molar-refractivity contribution in [2.45, 2.75) is 19.8 Å². The summed E-state index contributed by atoms with van der Waals surface area (Å²) in [7, 11) is 3.43. The molecule has 0 spiro atoms. The van der Waals surface area contributed by atoms with Crippen LogP contribution in [0.4, 0.5) is 5.82 Å². The lowest BCUT2D eigenvalue weighted by molar-refractivity contribution is -0.131. The second-order valence-corrected chi connectivity index (χ2v) is 7.79. The van der Waals surface area contributed by atoms with Crippen molar-refractivity contribution >= 4 is 17.7 Å². The highest BCUT2D eigenvalue weighted by atomic mass is 16.5. The molecule has 2 aromatic rings. The van der Waals surface area contributed by atoms with E-state index in [0.29, 0.717) is 18.9 Å². The molecule has 0 radical (unpaired) electrons. The molecule has 0 bridgehead atoms. The first-order chi connectivity index (χ1) is 15.6. The van der Waals surface area contributed by atoms with Gasteiger partial charge in [-0.15, -0.1) is 0 Å². The molecular weight excluding hydrogens is 404 g/mol. The largest absolute Gasteiger partial charge is 0.496 e. The molecule has 0 atom stereocenters. The molecule has 8 nitrogen and oxygen atoms in total. The maximum Gasteiger partial charge on any atom is 0.224 e. The van der Waals surface area contributed by atoms with Crippen LogP contribution in [0.3, 0.4) is 0 Å². The van der Waals surface area contributed by atoms with Crippen molar-refractivity contribution in [3.8, 4) is 5.75 Å². The molecule has 1 aliphatic heterocycles. The molecule has 1 fully saturated rings. The van der Waals surface area contributed by atoms with Gasteiger partial charge in [0.05, 0.1) is 7.11 Å². The van der Waals surface area contributed by atoms with E-state index in [-0.39, 0.29) is 5.91 Å². The number of piperazine rings is 1. The Morgan fingerprint density at radius 3 is 2.59 bits per heavy atom. The Morgan fingerprint density at radius 1 is 1.12 bits per heavy atom. The third kappa shape index (κ3) is 6.60. The smallest absolute Gasteiger partial charge is 0.224 e. The number of carbonyl (C=O) groups excluding carboxylic acids is 1. The average molecular weight is 439 g/mol. The standard InChI is InChI=1S/C24H34N6O2/c1-19-7-8-20(18-21(19)32-3)9-12-27-24(25-2)28-13-10-23(31)30-16-14-29(15-17-30)22-6-4-5-11-26-22/h4-8,11,18H,9-10,12-17H2,1-3H3,(H2,25,27,28). The number of methoxy groups -OCH3 is 1. The number of amides is 1. The van der Waals surface area contributed by atoms with Crippen LogP contribution in [0.1, 0.15) is 17.5 Å². The minimum absolute atomic E-state index is 0.167. The number of carbonyl (C=O) groups is 1. The number of ether oxygens (including phenoxy) is 1. The third-order valence-electron chi connectivity index (χ3n) is 5.64. The van der Waals surface area contributed by atoms with Crippen LogP contribution in [0.25, 0.3) is 0 Å². The molecule has 1 aliphatic rings. The number of hydrogen-bond acceptors (Lipinski definition) is 5. The predicted molar refractivity (Wildman–Crippen MR) is 128 cm³/mol. The Bertz CT molecular complexity index is 895. The van der Waals surface area contributed by atoms with E-state index in [4.69, 9.17) is 4.74 Å². The molecule has 32 heavy (non-hydrogen) atoms. The fourth-order valence-corrected chi connectivity index (χ4v) is 3.74. The van der Waals surface area contributed by atoms with Gasteiger partial charge in [0.1, 0.15) is 11.6 Å². The average Bonchev–Trinajstić information content (AvgIpc) is 2.84. The van der Waals surface area contributed by atoms with Crippen molar-refractivity contribution in [3.05, 3.63) is 53.7 Å². The summed E-state index contributed by atoms with van der Waals surface area (Å²) in [5, 5.41) is 6.55. The highest BCUT2D eigenvalue weighted by Crippen LogP contribution is 2.19. The molecule has 1 saturated heterocycles. The van der Waals surface area contributed by atoms with E-state index in [9.17, 15) is 4.79 Å². The van der Waals surface area contributed by atoms with E-state index in [1.165, 1.54) is 5.56 Å². The molecule has 3 rings (SSSR count). The number of aromatic nitrogens is 1. The van der Waals surface area contributed by atoms with Crippen molar-refractivity contribution in [2.24, 2.45) is 4.99 Å². The molecule has 8 heteroatoms. The van der Waals surface area contributed by atoms with E-state index >= 15 is 0 Å². The summed E-state index contributed by atoms with van der Waals surface area (Å²) in [4.78, 5) is 25.4. The van der Waals surface area contributed by atoms with Crippen molar-refractivity contribution in [1.29, 1.82) is 0 Å². The van der Waals surface area contributed by atoms with E-state index in [1.807, 2.05) is 30.0 Å². The summed E-state index contributed by atoms with van der Waals surface area (Å²) in [6.07, 6.45) is 3.10. The van der Waals surface area contributed by atoms with Crippen LogP contribution in [0.15, 0.2) is 47.6 Å². The van der Waals surface area contributed by atoms with Crippen LogP contribution >= 0.6 is 0 Å². The first-order valence-electron chi connectivity index (χ1n) is 11.1. The molecule has 0 unspecified atom stereocenters. The summed E-state index contributed by atoms with van der Waals surface area (Å²) < 4.78 is 5.39. The highest BCUT2D eigenvalue weighted by Gasteiger charge is 2.21. The lowest BCUT2D eigenvalue weighted by Gasteiger charge is -2.35. The number of nitrogens with zero attached hydrogens (tertiary/aromatic N) is 4. The van der Waals surface area contributed by atoms with Gasteiger partial charge in [0.15, 0.2) is 5.96 Å². The number of pyridine rings is 1. The molecule has 2 N–H and O–H groups in total. The lowest BCUT2D eigenvalue weighted by atomic mass is 10.1. The summed E-state index contributed by atoms with van der Waals surface area (Å²) in [6.45, 7) is 6.40. The van der Waals surface area contributed by atoms with Gasteiger partial charge >= 0.3 is 0 Å². The molecule has 1 amide bonds. The van der Waals surface area contributed by atoms with Gasteiger partial charge in [-0.2, -0.15) is 0 Å². The molecule has 2 heterocycles. The van der Waals surface area contributed by atoms with Gasteiger partial charge in [0, 0.05) is 58.9 Å². The van der Waals surface area contributed by atoms with Gasteiger partial charge in [0.25, 0.3) is 0 Å². The SMILES string of the molecule is CN=C(NCCC(=O)N1CCN(c2ccccn2)CC1)NCCc1ccc(C)c(OC)c1. The maximum absolute atomic E-state index is 12.6. The van der Waals surface area contributed by atoms with Crippen molar-refractivity contribution in [3.63, 3.8) is 0 Å². The van der Waals surface area contributed by atoms with E-state index in [1.54, 1.807) is 20.4 Å². The zero-order valence-corrected chi connectivity index (χ0v) is 19.3. The summed E-state index contributed by atoms with van der Waals surface area (Å²) >= 11 is 0. The molecule has 172 valence electrons. The van der Waals surface area contributed by atoms with Gasteiger partial charge in [-0.25, -0.2) is 4.98 Å². The molecule has 0 aliphatic carbocycles. The molecule has 0 saturated carbocycles. The zero-order valence-electron chi connectivity index (χ0n) is 19.3. The molecule has 1 aromatic carbocycles. The number of guanidine groups is 1. The number of aryl methyl sites for hydroxylation is 1. The van der Waals surface area contributed by atoms with Crippen molar-refractivity contribution in [1.82, 2.24) is 20.5 Å². The normalized spacial score (nSPS) is 14.3. The third-order valence-corrected chi connectivity index (χ3v) is 5.64. The number of aliphatic imine (C=N–C) groups is 1. The first-order valence-corrected chi connectivity index (χ1v) is 11.1. The van der Waals surface area contributed by atoms with Crippen LogP contribution in [0.5, 0.6) is 5.75 Å². The number of anilines is 1. The zero-order chi connectivity index (χ0) is 22.8. The Kier molecular flexibility index (Phi) is 8.71. The van der Waals surface area contributed by atoms with Gasteiger partial charge in [-0.1, -0.05) is 18.2 Å². The monoisotopic (exact) mass is 438 g/mol. The minimum atomic E-state index is 0.167. The Hall–Kier alpha value is -3.29. The number of hydrogen-bond donors (Lipinski definition) is 2. The number of nitrogens with one attached hydrogen (secondary N) is 2. The second kappa shape index (κ2) is 11.9. The number of benzene rings is 1. The van der Waals surface area contributed by atoms with Crippen molar-refractivity contribution < 1.29 is 9.53 Å². The second-order valence-electron chi connectivity index (χ2n) is 7.79. The molecule has 1 aromatic heterocycles. The predicted octanol–water partition coefficient (Wildman–Crippen LogP) is 1.85. The Labute approximate surface area is 190 Å². The van der Waals surface area contributed by atoms with Gasteiger partial charge < -0.3 is 25.2 Å². The highest BCUT2D eigenvalue weighted by molar-refractivity contribution is 5.81. The molecular formula is C24H34N6O2. The minimum Gasteiger partial charge on any atom is -0.496 e. The van der Waals surface area contributed by atoms with Gasteiger partial charge in [-0.05, 0) is 42.7 Å². The van der Waals surface area contributed by atoms with Crippen LogP contribution in [-0.4, -0.2) is 75.2 Å². The van der Waals surface area contributed by atoms with E-state index < -0.39 is 0 Å². The number of rotatable bonds is 8. The van der Waals surface area contributed by atoms with E-state index in [2.05, 4.69) is 43.7 Å². The fraction of sp³-hybridized carbons (Fsp3) is 0.458. The fourth-order valence-electron chi connectivity index (χ4n) is 3.74.